The molecule has 1 aliphatic heterocycles. The van der Waals surface area contributed by atoms with Crippen molar-refractivity contribution in [2.24, 2.45) is 0 Å². The fraction of sp³-hybridized carbons (Fsp3) is 0.318. The first-order valence-corrected chi connectivity index (χ1v) is 9.43. The average molecular weight is 398 g/mol. The van der Waals surface area contributed by atoms with E-state index < -0.39 is 23.8 Å². The maximum absolute atomic E-state index is 14.1. The molecule has 1 atom stereocenters. The summed E-state index contributed by atoms with van der Waals surface area (Å²) in [6.45, 7) is 0.377. The number of carbonyl (C=O) groups excluding carboxylic acids is 3. The maximum Gasteiger partial charge on any atom is 0.338 e. The van der Waals surface area contributed by atoms with Gasteiger partial charge in [-0.05, 0) is 42.7 Å². The van der Waals surface area contributed by atoms with Gasteiger partial charge >= 0.3 is 5.97 Å². The van der Waals surface area contributed by atoms with E-state index in [1.807, 2.05) is 0 Å². The molecule has 2 aromatic carbocycles. The molecule has 29 heavy (non-hydrogen) atoms. The van der Waals surface area contributed by atoms with Crippen molar-refractivity contribution in [3.8, 4) is 0 Å². The summed E-state index contributed by atoms with van der Waals surface area (Å²) in [6, 6.07) is 12.6. The van der Waals surface area contributed by atoms with Gasteiger partial charge in [0.15, 0.2) is 6.10 Å². The Bertz CT molecular complexity index is 911. The molecular weight excluding hydrogens is 375 g/mol. The Hall–Kier alpha value is -3.22. The highest BCUT2D eigenvalue weighted by Gasteiger charge is 2.33. The van der Waals surface area contributed by atoms with Gasteiger partial charge in [0.25, 0.3) is 5.91 Å². The summed E-state index contributed by atoms with van der Waals surface area (Å²) < 4.78 is 19.5. The summed E-state index contributed by atoms with van der Waals surface area (Å²) in [7, 11) is 3.36. The van der Waals surface area contributed by atoms with E-state index in [4.69, 9.17) is 4.74 Å². The highest BCUT2D eigenvalue weighted by molar-refractivity contribution is 6.00. The average Bonchev–Trinajstić information content (AvgIpc) is 2.70. The third-order valence-electron chi connectivity index (χ3n) is 4.83. The fourth-order valence-corrected chi connectivity index (χ4v) is 3.15. The molecule has 1 heterocycles. The molecule has 0 spiro atoms. The maximum atomic E-state index is 14.1. The van der Waals surface area contributed by atoms with Gasteiger partial charge in [0, 0.05) is 20.6 Å². The van der Waals surface area contributed by atoms with Crippen LogP contribution in [0.5, 0.6) is 0 Å². The van der Waals surface area contributed by atoms with Crippen LogP contribution >= 0.6 is 0 Å². The minimum atomic E-state index is -0.953. The number of ether oxygens (including phenoxy) is 1. The zero-order chi connectivity index (χ0) is 21.0. The Labute approximate surface area is 168 Å². The number of esters is 1. The number of amides is 2. The Balaban J connectivity index is 1.66. The summed E-state index contributed by atoms with van der Waals surface area (Å²) >= 11 is 0. The van der Waals surface area contributed by atoms with Crippen LogP contribution in [-0.4, -0.2) is 49.4 Å². The number of halogens is 1. The van der Waals surface area contributed by atoms with Gasteiger partial charge in [0.2, 0.25) is 5.91 Å². The quantitative estimate of drug-likeness (QED) is 0.727. The van der Waals surface area contributed by atoms with E-state index in [1.165, 1.54) is 21.9 Å². The molecular formula is C22H23FN2O4. The van der Waals surface area contributed by atoms with Crippen molar-refractivity contribution in [2.75, 3.05) is 25.5 Å². The molecule has 2 amide bonds. The van der Waals surface area contributed by atoms with Crippen LogP contribution in [0.2, 0.25) is 0 Å². The van der Waals surface area contributed by atoms with E-state index >= 15 is 0 Å². The summed E-state index contributed by atoms with van der Waals surface area (Å²) in [5, 5.41) is 0. The zero-order valence-electron chi connectivity index (χ0n) is 16.4. The molecule has 0 bridgehead atoms. The normalized spacial score (nSPS) is 16.4. The fourth-order valence-electron chi connectivity index (χ4n) is 3.15. The smallest absolute Gasteiger partial charge is 0.338 e. The molecule has 1 fully saturated rings. The molecule has 0 aliphatic carbocycles. The van der Waals surface area contributed by atoms with E-state index in [2.05, 4.69) is 0 Å². The van der Waals surface area contributed by atoms with Crippen molar-refractivity contribution in [3.05, 3.63) is 65.5 Å². The van der Waals surface area contributed by atoms with E-state index in [-0.39, 0.29) is 18.0 Å². The van der Waals surface area contributed by atoms with Crippen molar-refractivity contribution in [3.63, 3.8) is 0 Å². The molecule has 1 unspecified atom stereocenters. The number of hydrogen-bond donors (Lipinski definition) is 0. The molecule has 1 aliphatic rings. The lowest BCUT2D eigenvalue weighted by Gasteiger charge is -2.32. The van der Waals surface area contributed by atoms with E-state index in [1.54, 1.807) is 50.5 Å². The number of piperidine rings is 1. The molecule has 6 nitrogen and oxygen atoms in total. The number of nitrogens with zero attached hydrogens (tertiary/aromatic N) is 2. The standard InChI is InChI=1S/C22H23FN2O4/c1-24(2)20(26)14-15-9-11-16(12-10-15)22(28)29-19-8-5-13-25(21(19)27)18-7-4-3-6-17(18)23/h3-4,6-7,9-12,19H,5,8,13-14H2,1-2H3. The molecule has 0 saturated carbocycles. The molecule has 1 saturated heterocycles. The Morgan fingerprint density at radius 1 is 1.14 bits per heavy atom. The number of para-hydroxylation sites is 1. The third-order valence-corrected chi connectivity index (χ3v) is 4.83. The van der Waals surface area contributed by atoms with E-state index in [0.717, 1.165) is 5.56 Å². The highest BCUT2D eigenvalue weighted by Crippen LogP contribution is 2.25. The van der Waals surface area contributed by atoms with Crippen molar-refractivity contribution in [1.82, 2.24) is 4.90 Å². The molecule has 0 aromatic heterocycles. The number of likely N-dealkylation sites (N-methyl/N-ethyl adjacent to an activating group) is 1. The number of rotatable bonds is 5. The first-order valence-electron chi connectivity index (χ1n) is 9.43. The minimum Gasteiger partial charge on any atom is -0.449 e. The predicted octanol–water partition coefficient (Wildman–Crippen LogP) is 2.81. The van der Waals surface area contributed by atoms with Gasteiger partial charge in [-0.3, -0.25) is 9.59 Å². The van der Waals surface area contributed by atoms with Crippen LogP contribution < -0.4 is 4.90 Å². The second kappa shape index (κ2) is 8.86. The molecule has 3 rings (SSSR count). The van der Waals surface area contributed by atoms with Crippen LogP contribution in [-0.2, 0) is 20.7 Å². The van der Waals surface area contributed by atoms with Gasteiger partial charge < -0.3 is 14.5 Å². The van der Waals surface area contributed by atoms with Crippen LogP contribution in [0.3, 0.4) is 0 Å². The summed E-state index contributed by atoms with van der Waals surface area (Å²) in [5.74, 6) is -1.58. The molecule has 152 valence electrons. The number of benzene rings is 2. The number of anilines is 1. The van der Waals surface area contributed by atoms with Crippen LogP contribution in [0.4, 0.5) is 10.1 Å². The first-order chi connectivity index (χ1) is 13.9. The Morgan fingerprint density at radius 3 is 2.48 bits per heavy atom. The van der Waals surface area contributed by atoms with Gasteiger partial charge in [-0.2, -0.15) is 0 Å². The van der Waals surface area contributed by atoms with Crippen LogP contribution in [0.25, 0.3) is 0 Å². The van der Waals surface area contributed by atoms with Crippen molar-refractivity contribution in [1.29, 1.82) is 0 Å². The van der Waals surface area contributed by atoms with E-state index in [9.17, 15) is 18.8 Å². The third kappa shape index (κ3) is 4.80. The van der Waals surface area contributed by atoms with Gasteiger partial charge in [0.1, 0.15) is 5.82 Å². The topological polar surface area (TPSA) is 66.9 Å². The largest absolute Gasteiger partial charge is 0.449 e. The van der Waals surface area contributed by atoms with Gasteiger partial charge in [0.05, 0.1) is 17.7 Å². The van der Waals surface area contributed by atoms with Gasteiger partial charge in [-0.15, -0.1) is 0 Å². The molecule has 0 N–H and O–H groups in total. The van der Waals surface area contributed by atoms with Crippen LogP contribution in [0.1, 0.15) is 28.8 Å². The SMILES string of the molecule is CN(C)C(=O)Cc1ccc(C(=O)OC2CCCN(c3ccccc3F)C2=O)cc1. The monoisotopic (exact) mass is 398 g/mol. The Morgan fingerprint density at radius 2 is 1.83 bits per heavy atom. The van der Waals surface area contributed by atoms with Crippen molar-refractivity contribution < 1.29 is 23.5 Å². The molecule has 2 aromatic rings. The lowest BCUT2D eigenvalue weighted by Crippen LogP contribution is -2.46. The van der Waals surface area contributed by atoms with E-state index in [0.29, 0.717) is 24.9 Å². The lowest BCUT2D eigenvalue weighted by molar-refractivity contribution is -0.129. The predicted molar refractivity (Wildman–Crippen MR) is 106 cm³/mol. The van der Waals surface area contributed by atoms with Gasteiger partial charge in [-0.25, -0.2) is 9.18 Å². The zero-order valence-corrected chi connectivity index (χ0v) is 16.4. The van der Waals surface area contributed by atoms with Crippen LogP contribution in [0, 0.1) is 5.82 Å². The molecule has 0 radical (unpaired) electrons. The van der Waals surface area contributed by atoms with Crippen molar-refractivity contribution >= 4 is 23.5 Å². The first kappa shape index (κ1) is 20.5. The number of carbonyl (C=O) groups is 3. The number of hydrogen-bond acceptors (Lipinski definition) is 4. The Kier molecular flexibility index (Phi) is 6.26. The summed E-state index contributed by atoms with van der Waals surface area (Å²) in [5.41, 5.74) is 1.26. The molecule has 7 heteroatoms. The highest BCUT2D eigenvalue weighted by atomic mass is 19.1. The minimum absolute atomic E-state index is 0.0404. The summed E-state index contributed by atoms with van der Waals surface area (Å²) in [6.07, 6.45) is 0.279. The van der Waals surface area contributed by atoms with Crippen LogP contribution in [0.15, 0.2) is 48.5 Å². The second-order valence-electron chi connectivity index (χ2n) is 7.14. The van der Waals surface area contributed by atoms with Crippen molar-refractivity contribution in [2.45, 2.75) is 25.4 Å². The summed E-state index contributed by atoms with van der Waals surface area (Å²) in [4.78, 5) is 39.8. The van der Waals surface area contributed by atoms with Gasteiger partial charge in [-0.1, -0.05) is 24.3 Å². The second-order valence-corrected chi connectivity index (χ2v) is 7.14. The lowest BCUT2D eigenvalue weighted by atomic mass is 10.1.